The zero-order valence-electron chi connectivity index (χ0n) is 19.8. The number of piperidine rings is 1. The van der Waals surface area contributed by atoms with Gasteiger partial charge in [-0.2, -0.15) is 9.61 Å². The highest BCUT2D eigenvalue weighted by Crippen LogP contribution is 2.44. The molecule has 6 rings (SSSR count). The molecule has 0 radical (unpaired) electrons. The third-order valence-electron chi connectivity index (χ3n) is 7.45. The summed E-state index contributed by atoms with van der Waals surface area (Å²) < 4.78 is 1.51. The largest absolute Gasteiger partial charge is 0.387 e. The molecule has 6 heterocycles. The first-order valence-corrected chi connectivity index (χ1v) is 12.0. The van der Waals surface area contributed by atoms with Crippen LogP contribution in [0, 0.1) is 0 Å². The molecule has 2 unspecified atom stereocenters. The van der Waals surface area contributed by atoms with Crippen LogP contribution in [0.25, 0.3) is 28.2 Å². The average Bonchev–Trinajstić information content (AvgIpc) is 3.62. The third-order valence-corrected chi connectivity index (χ3v) is 7.45. The summed E-state index contributed by atoms with van der Waals surface area (Å²) in [6.07, 6.45) is 9.87. The van der Waals surface area contributed by atoms with Gasteiger partial charge in [-0.25, -0.2) is 9.97 Å². The van der Waals surface area contributed by atoms with Crippen molar-refractivity contribution in [3.05, 3.63) is 48.3 Å². The molecule has 1 amide bonds. The fraction of sp³-hybridized carbons (Fsp3) is 0.360. The lowest BCUT2D eigenvalue weighted by atomic mass is 9.85. The van der Waals surface area contributed by atoms with Gasteiger partial charge in [0.1, 0.15) is 12.4 Å². The second kappa shape index (κ2) is 8.52. The van der Waals surface area contributed by atoms with E-state index < -0.39 is 6.61 Å². The molecule has 4 N–H and O–H groups in total. The number of aromatic amines is 1. The highest BCUT2D eigenvalue weighted by atomic mass is 16.3. The fourth-order valence-corrected chi connectivity index (χ4v) is 5.89. The van der Waals surface area contributed by atoms with E-state index in [-0.39, 0.29) is 35.5 Å². The number of nitrogens with one attached hydrogen (secondary N) is 1. The van der Waals surface area contributed by atoms with E-state index in [2.05, 4.69) is 20.1 Å². The van der Waals surface area contributed by atoms with Gasteiger partial charge in [0.25, 0.3) is 0 Å². The molecule has 36 heavy (non-hydrogen) atoms. The van der Waals surface area contributed by atoms with Crippen LogP contribution in [0.4, 0.5) is 5.82 Å². The number of anilines is 1. The molecule has 184 valence electrons. The van der Waals surface area contributed by atoms with Gasteiger partial charge in [-0.15, -0.1) is 0 Å². The Labute approximate surface area is 206 Å². The number of ketones is 1. The molecule has 2 atom stereocenters. The monoisotopic (exact) mass is 486 g/mol. The van der Waals surface area contributed by atoms with Crippen molar-refractivity contribution in [3.63, 3.8) is 0 Å². The van der Waals surface area contributed by atoms with Crippen molar-refractivity contribution >= 4 is 23.2 Å². The number of carbonyl (C=O) groups excluding carboxylic acids is 2. The molecule has 11 heteroatoms. The van der Waals surface area contributed by atoms with Crippen molar-refractivity contribution in [2.45, 2.75) is 50.6 Å². The van der Waals surface area contributed by atoms with Crippen molar-refractivity contribution in [1.29, 1.82) is 0 Å². The van der Waals surface area contributed by atoms with Gasteiger partial charge in [-0.1, -0.05) is 6.07 Å². The van der Waals surface area contributed by atoms with Crippen LogP contribution in [-0.2, 0) is 4.79 Å². The van der Waals surface area contributed by atoms with Crippen LogP contribution in [0.2, 0.25) is 0 Å². The Morgan fingerprint density at radius 2 is 1.94 bits per heavy atom. The van der Waals surface area contributed by atoms with Gasteiger partial charge in [0, 0.05) is 35.3 Å². The zero-order valence-corrected chi connectivity index (χ0v) is 19.8. The number of nitrogens with zero attached hydrogens (tertiary/aromatic N) is 6. The van der Waals surface area contributed by atoms with E-state index in [0.29, 0.717) is 29.7 Å². The van der Waals surface area contributed by atoms with Crippen molar-refractivity contribution in [2.24, 2.45) is 0 Å². The number of nitrogen functional groups attached to an aromatic ring is 1. The van der Waals surface area contributed by atoms with Crippen LogP contribution in [0.15, 0.2) is 37.1 Å². The first-order chi connectivity index (χ1) is 17.5. The second-order valence-corrected chi connectivity index (χ2v) is 9.52. The number of H-pyrrole nitrogens is 1. The number of imidazole rings is 1. The third kappa shape index (κ3) is 3.46. The van der Waals surface area contributed by atoms with Gasteiger partial charge in [-0.3, -0.25) is 14.6 Å². The minimum absolute atomic E-state index is 0.0241. The molecule has 11 nitrogen and oxygen atoms in total. The maximum atomic E-state index is 12.7. The summed E-state index contributed by atoms with van der Waals surface area (Å²) in [7, 11) is 0. The van der Waals surface area contributed by atoms with Crippen molar-refractivity contribution in [1.82, 2.24) is 34.4 Å². The summed E-state index contributed by atoms with van der Waals surface area (Å²) in [6.45, 7) is 1.00. The van der Waals surface area contributed by atoms with E-state index in [9.17, 15) is 14.7 Å². The Hall–Kier alpha value is -4.12. The van der Waals surface area contributed by atoms with E-state index in [4.69, 9.17) is 10.7 Å². The molecular formula is C25H26N8O3. The summed E-state index contributed by atoms with van der Waals surface area (Å²) in [5.41, 5.74) is 11.3. The number of rotatable bonds is 5. The summed E-state index contributed by atoms with van der Waals surface area (Å²) in [6, 6.07) is 3.88. The van der Waals surface area contributed by atoms with Gasteiger partial charge in [-0.05, 0) is 38.7 Å². The molecule has 0 spiro atoms. The van der Waals surface area contributed by atoms with Crippen LogP contribution in [0.3, 0.4) is 0 Å². The molecule has 4 aromatic rings. The number of aromatic nitrogens is 6. The molecule has 0 aromatic carbocycles. The molecule has 2 aliphatic rings. The van der Waals surface area contributed by atoms with Gasteiger partial charge >= 0.3 is 0 Å². The number of carbonyl (C=O) groups is 2. The van der Waals surface area contributed by atoms with Crippen molar-refractivity contribution in [2.75, 3.05) is 12.3 Å². The normalized spacial score (nSPS) is 21.3. The molecule has 2 saturated heterocycles. The fourth-order valence-electron chi connectivity index (χ4n) is 5.89. The van der Waals surface area contributed by atoms with Gasteiger partial charge in [0.05, 0.1) is 41.4 Å². The lowest BCUT2D eigenvalue weighted by Gasteiger charge is -2.39. The lowest BCUT2D eigenvalue weighted by Crippen LogP contribution is -2.47. The zero-order chi connectivity index (χ0) is 25.0. The number of amides is 1. The number of Topliss-reactive ketones (excluding diaryl/α,β-unsaturated/α-hetero) is 1. The van der Waals surface area contributed by atoms with Crippen LogP contribution in [-0.4, -0.2) is 69.9 Å². The molecule has 0 saturated carbocycles. The Morgan fingerprint density at radius 1 is 1.17 bits per heavy atom. The van der Waals surface area contributed by atoms with E-state index >= 15 is 0 Å². The van der Waals surface area contributed by atoms with Crippen LogP contribution in [0.5, 0.6) is 0 Å². The van der Waals surface area contributed by atoms with E-state index in [1.807, 2.05) is 17.0 Å². The Morgan fingerprint density at radius 3 is 2.56 bits per heavy atom. The summed E-state index contributed by atoms with van der Waals surface area (Å²) >= 11 is 0. The Balaban J connectivity index is 1.42. The maximum Gasteiger partial charge on any atom is 0.248 e. The van der Waals surface area contributed by atoms with Crippen molar-refractivity contribution in [3.8, 4) is 22.5 Å². The quantitative estimate of drug-likeness (QED) is 0.363. The van der Waals surface area contributed by atoms with Gasteiger partial charge in [0.2, 0.25) is 5.91 Å². The first kappa shape index (κ1) is 22.4. The predicted molar refractivity (Wildman–Crippen MR) is 131 cm³/mol. The molecular weight excluding hydrogens is 460 g/mol. The summed E-state index contributed by atoms with van der Waals surface area (Å²) in [5, 5.41) is 13.8. The van der Waals surface area contributed by atoms with Gasteiger partial charge in [0.15, 0.2) is 11.4 Å². The SMILES string of the molecule is CC(=O)c1c(C2CC3CCC(C2)N3C(=O)CO)nc2c(-c3ccc(-c4cnc[nH]4)nc3)cnn2c1N. The minimum atomic E-state index is -0.486. The smallest absolute Gasteiger partial charge is 0.248 e. The van der Waals surface area contributed by atoms with E-state index in [0.717, 1.165) is 35.4 Å². The number of aliphatic hydroxyl groups excluding tert-OH is 1. The lowest BCUT2D eigenvalue weighted by molar-refractivity contribution is -0.138. The molecule has 4 aromatic heterocycles. The van der Waals surface area contributed by atoms with Gasteiger partial charge < -0.3 is 20.7 Å². The highest BCUT2D eigenvalue weighted by molar-refractivity contribution is 6.00. The summed E-state index contributed by atoms with van der Waals surface area (Å²) in [5.74, 6) is -0.169. The maximum absolute atomic E-state index is 12.7. The van der Waals surface area contributed by atoms with Crippen molar-refractivity contribution < 1.29 is 14.7 Å². The van der Waals surface area contributed by atoms with E-state index in [1.54, 1.807) is 24.9 Å². The number of aliphatic hydroxyl groups is 1. The number of pyridine rings is 1. The Kier molecular flexibility index (Phi) is 5.29. The standard InChI is InChI=1S/C25H26N8O3/c1-13(35)22-23(15-6-16-3-4-17(7-15)32(16)21(36)11-34)31-25-18(9-30-33(25)24(22)26)14-2-5-19(28-8-14)20-10-27-12-29-20/h2,5,8-10,12,15-17,34H,3-4,6-7,11,26H2,1H3,(H,27,29). The molecule has 2 aliphatic heterocycles. The number of hydrogen-bond donors (Lipinski definition) is 3. The topological polar surface area (TPSA) is 155 Å². The highest BCUT2D eigenvalue weighted by Gasteiger charge is 2.44. The predicted octanol–water partition coefficient (Wildman–Crippen LogP) is 2.20. The number of nitrogens with two attached hydrogens (primary N) is 1. The van der Waals surface area contributed by atoms with Crippen LogP contribution < -0.4 is 5.73 Å². The van der Waals surface area contributed by atoms with Crippen LogP contribution >= 0.6 is 0 Å². The molecule has 2 fully saturated rings. The molecule has 2 bridgehead atoms. The minimum Gasteiger partial charge on any atom is -0.387 e. The van der Waals surface area contributed by atoms with Crippen LogP contribution in [0.1, 0.15) is 54.6 Å². The molecule has 0 aliphatic carbocycles. The number of hydrogen-bond acceptors (Lipinski definition) is 8. The number of fused-ring (bicyclic) bond motifs is 3. The average molecular weight is 487 g/mol. The second-order valence-electron chi connectivity index (χ2n) is 9.52. The van der Waals surface area contributed by atoms with E-state index in [1.165, 1.54) is 11.4 Å². The summed E-state index contributed by atoms with van der Waals surface area (Å²) in [4.78, 5) is 43.5. The Bertz CT molecular complexity index is 1450. The first-order valence-electron chi connectivity index (χ1n) is 12.0.